The Morgan fingerprint density at radius 2 is 2.55 bits per heavy atom. The number of nitrogens with one attached hydrogen (secondary N) is 1. The molecule has 0 fully saturated rings. The minimum Gasteiger partial charge on any atom is -0.438 e. The van der Waals surface area contributed by atoms with Crippen LogP contribution >= 0.6 is 0 Å². The van der Waals surface area contributed by atoms with Crippen molar-refractivity contribution in [1.29, 1.82) is 0 Å². The largest absolute Gasteiger partial charge is 0.438 e. The van der Waals surface area contributed by atoms with Crippen LogP contribution in [0.25, 0.3) is 0 Å². The van der Waals surface area contributed by atoms with Gasteiger partial charge in [-0.1, -0.05) is 0 Å². The van der Waals surface area contributed by atoms with E-state index >= 15 is 0 Å². The Morgan fingerprint density at radius 1 is 1.82 bits per heavy atom. The zero-order chi connectivity index (χ0) is 8.27. The summed E-state index contributed by atoms with van der Waals surface area (Å²) in [6, 6.07) is 0. The molecule has 1 aromatic rings. The second-order valence-electron chi connectivity index (χ2n) is 1.90. The first-order chi connectivity index (χ1) is 5.25. The summed E-state index contributed by atoms with van der Waals surface area (Å²) >= 11 is 0. The van der Waals surface area contributed by atoms with Crippen LogP contribution in [0, 0.1) is 6.92 Å². The number of aryl methyl sites for hydroxylation is 1. The van der Waals surface area contributed by atoms with Crippen LogP contribution in [0.3, 0.4) is 0 Å². The smallest absolute Gasteiger partial charge is 0.312 e. The van der Waals surface area contributed by atoms with Gasteiger partial charge in [0.1, 0.15) is 0 Å². The number of hydrogen-bond acceptors (Lipinski definition) is 4. The molecule has 60 valence electrons. The first-order valence-electron chi connectivity index (χ1n) is 2.99. The molecule has 0 spiro atoms. The average Bonchev–Trinajstić information content (AvgIpc) is 2.36. The van der Waals surface area contributed by atoms with Gasteiger partial charge in [-0.25, -0.2) is 10.5 Å². The molecule has 1 rings (SSSR count). The van der Waals surface area contributed by atoms with Gasteiger partial charge in [-0.05, 0) is 6.92 Å². The molecule has 0 saturated carbocycles. The lowest BCUT2D eigenvalue weighted by Gasteiger charge is -1.96. The lowest BCUT2D eigenvalue weighted by Crippen LogP contribution is -2.21. The van der Waals surface area contributed by atoms with E-state index in [2.05, 4.69) is 15.3 Å². The molecule has 0 aliphatic carbocycles. The van der Waals surface area contributed by atoms with Gasteiger partial charge in [-0.3, -0.25) is 9.63 Å². The van der Waals surface area contributed by atoms with Gasteiger partial charge in [0.2, 0.25) is 5.76 Å². The van der Waals surface area contributed by atoms with Crippen molar-refractivity contribution in [1.82, 2.24) is 10.5 Å². The molecule has 0 bridgehead atoms. The van der Waals surface area contributed by atoms with E-state index in [0.717, 1.165) is 0 Å². The summed E-state index contributed by atoms with van der Waals surface area (Å²) < 4.78 is 4.78. The molecule has 1 N–H and O–H groups in total. The van der Waals surface area contributed by atoms with Gasteiger partial charge >= 0.3 is 5.91 Å². The molecule has 0 aliphatic heterocycles. The summed E-state index contributed by atoms with van der Waals surface area (Å²) in [5, 5.41) is 0. The highest BCUT2D eigenvalue weighted by Crippen LogP contribution is 2.03. The Balaban J connectivity index is 2.76. The van der Waals surface area contributed by atoms with Gasteiger partial charge in [0.05, 0.1) is 12.8 Å². The third-order valence-electron chi connectivity index (χ3n) is 1.15. The average molecular weight is 156 g/mol. The third-order valence-corrected chi connectivity index (χ3v) is 1.15. The van der Waals surface area contributed by atoms with Gasteiger partial charge in [0, 0.05) is 0 Å². The van der Waals surface area contributed by atoms with Crippen molar-refractivity contribution in [2.75, 3.05) is 7.11 Å². The summed E-state index contributed by atoms with van der Waals surface area (Å²) in [4.78, 5) is 19.1. The predicted octanol–water partition coefficient (Wildman–Crippen LogP) is 0.274. The Bertz CT molecular complexity index is 256. The fraction of sp³-hybridized carbons (Fsp3) is 0.333. The Kier molecular flexibility index (Phi) is 2.22. The van der Waals surface area contributed by atoms with Gasteiger partial charge in [-0.2, -0.15) is 0 Å². The summed E-state index contributed by atoms with van der Waals surface area (Å²) in [6.45, 7) is 1.67. The summed E-state index contributed by atoms with van der Waals surface area (Å²) in [5.74, 6) is -0.255. The molecule has 1 heterocycles. The van der Waals surface area contributed by atoms with Crippen LogP contribution < -0.4 is 5.48 Å². The fourth-order valence-electron chi connectivity index (χ4n) is 0.659. The number of nitrogens with zero attached hydrogens (tertiary/aromatic N) is 1. The number of hydroxylamine groups is 1. The highest BCUT2D eigenvalue weighted by molar-refractivity contribution is 5.91. The molecule has 0 aliphatic rings. The molecule has 0 aromatic carbocycles. The molecule has 0 saturated heterocycles. The van der Waals surface area contributed by atoms with E-state index in [9.17, 15) is 4.79 Å². The molecule has 0 unspecified atom stereocenters. The van der Waals surface area contributed by atoms with Crippen LogP contribution in [-0.2, 0) is 4.84 Å². The second kappa shape index (κ2) is 3.16. The maximum Gasteiger partial charge on any atom is 0.312 e. The second-order valence-corrected chi connectivity index (χ2v) is 1.90. The molecular formula is C6H8N2O3. The topological polar surface area (TPSA) is 64.4 Å². The lowest BCUT2D eigenvalue weighted by molar-refractivity contribution is 0.0509. The van der Waals surface area contributed by atoms with Gasteiger partial charge in [0.25, 0.3) is 0 Å². The normalized spacial score (nSPS) is 9.64. The van der Waals surface area contributed by atoms with Crippen LogP contribution in [0.15, 0.2) is 10.8 Å². The Hall–Kier alpha value is -1.36. The van der Waals surface area contributed by atoms with Crippen molar-refractivity contribution < 1.29 is 14.0 Å². The molecule has 5 nitrogen and oxygen atoms in total. The van der Waals surface area contributed by atoms with Crippen LogP contribution in [0.2, 0.25) is 0 Å². The number of carbonyl (C=O) groups excluding carboxylic acids is 1. The van der Waals surface area contributed by atoms with Crippen LogP contribution in [0.1, 0.15) is 16.2 Å². The maximum absolute atomic E-state index is 11.0. The number of amides is 1. The molecule has 5 heteroatoms. The van der Waals surface area contributed by atoms with E-state index in [1.807, 2.05) is 0 Å². The Morgan fingerprint density at radius 3 is 3.00 bits per heavy atom. The third kappa shape index (κ3) is 1.56. The molecule has 0 radical (unpaired) electrons. The van der Waals surface area contributed by atoms with E-state index in [-0.39, 0.29) is 5.76 Å². The molecule has 0 atom stereocenters. The zero-order valence-electron chi connectivity index (χ0n) is 6.25. The number of carbonyl (C=O) groups is 1. The first-order valence-corrected chi connectivity index (χ1v) is 2.99. The number of aromatic nitrogens is 1. The monoisotopic (exact) mass is 156 g/mol. The minimum atomic E-state index is -0.428. The number of hydrogen-bond donors (Lipinski definition) is 1. The first kappa shape index (κ1) is 7.74. The summed E-state index contributed by atoms with van der Waals surface area (Å²) in [6.07, 6.45) is 1.21. The fourth-order valence-corrected chi connectivity index (χ4v) is 0.659. The van der Waals surface area contributed by atoms with Crippen molar-refractivity contribution >= 4 is 5.91 Å². The predicted molar refractivity (Wildman–Crippen MR) is 35.7 cm³/mol. The van der Waals surface area contributed by atoms with Gasteiger partial charge in [-0.15, -0.1) is 0 Å². The van der Waals surface area contributed by atoms with Crippen molar-refractivity contribution in [3.8, 4) is 0 Å². The summed E-state index contributed by atoms with van der Waals surface area (Å²) in [5.41, 5.74) is 2.66. The quantitative estimate of drug-likeness (QED) is 0.624. The van der Waals surface area contributed by atoms with E-state index in [1.54, 1.807) is 6.92 Å². The van der Waals surface area contributed by atoms with E-state index in [0.29, 0.717) is 5.69 Å². The molecular weight excluding hydrogens is 148 g/mol. The van der Waals surface area contributed by atoms with E-state index in [4.69, 9.17) is 4.42 Å². The summed E-state index contributed by atoms with van der Waals surface area (Å²) in [7, 11) is 1.35. The van der Waals surface area contributed by atoms with Crippen molar-refractivity contribution in [2.45, 2.75) is 6.92 Å². The zero-order valence-corrected chi connectivity index (χ0v) is 6.25. The number of oxazole rings is 1. The molecule has 1 amide bonds. The van der Waals surface area contributed by atoms with Crippen LogP contribution in [0.4, 0.5) is 0 Å². The lowest BCUT2D eigenvalue weighted by atomic mass is 10.4. The molecule has 11 heavy (non-hydrogen) atoms. The standard InChI is InChI=1S/C6H8N2O3/c1-4-5(11-3-7-4)6(9)8-10-2/h3H,1-2H3,(H,8,9). The van der Waals surface area contributed by atoms with Crippen LogP contribution in [0.5, 0.6) is 0 Å². The van der Waals surface area contributed by atoms with E-state index < -0.39 is 5.91 Å². The SMILES string of the molecule is CONC(=O)c1ocnc1C. The van der Waals surface area contributed by atoms with Crippen molar-refractivity contribution in [3.63, 3.8) is 0 Å². The Labute approximate surface area is 63.3 Å². The van der Waals surface area contributed by atoms with Crippen LogP contribution in [-0.4, -0.2) is 18.0 Å². The maximum atomic E-state index is 11.0. The van der Waals surface area contributed by atoms with Gasteiger partial charge < -0.3 is 4.42 Å². The van der Waals surface area contributed by atoms with Crippen molar-refractivity contribution in [3.05, 3.63) is 17.8 Å². The van der Waals surface area contributed by atoms with Crippen molar-refractivity contribution in [2.24, 2.45) is 0 Å². The molecule has 1 aromatic heterocycles. The highest BCUT2D eigenvalue weighted by atomic mass is 16.6. The number of rotatable bonds is 2. The minimum absolute atomic E-state index is 0.173. The van der Waals surface area contributed by atoms with Gasteiger partial charge in [0.15, 0.2) is 6.39 Å². The van der Waals surface area contributed by atoms with E-state index in [1.165, 1.54) is 13.5 Å². The highest BCUT2D eigenvalue weighted by Gasteiger charge is 2.12.